The van der Waals surface area contributed by atoms with Gasteiger partial charge in [-0.2, -0.15) is 0 Å². The van der Waals surface area contributed by atoms with Crippen molar-refractivity contribution in [2.75, 3.05) is 5.32 Å². The van der Waals surface area contributed by atoms with Crippen molar-refractivity contribution in [2.24, 2.45) is 0 Å². The van der Waals surface area contributed by atoms with Crippen LogP contribution in [0, 0.1) is 0 Å². The van der Waals surface area contributed by atoms with Gasteiger partial charge in [-0.1, -0.05) is 30.3 Å². The zero-order chi connectivity index (χ0) is 20.6. The molecule has 29 heavy (non-hydrogen) atoms. The fourth-order valence-corrected chi connectivity index (χ4v) is 6.38. The predicted molar refractivity (Wildman–Crippen MR) is 114 cm³/mol. The number of carbonyl (C=O) groups is 1. The largest absolute Gasteiger partial charge is 0.491 e. The van der Waals surface area contributed by atoms with E-state index in [-0.39, 0.29) is 34.1 Å². The van der Waals surface area contributed by atoms with Crippen LogP contribution in [0.25, 0.3) is 0 Å². The van der Waals surface area contributed by atoms with Crippen molar-refractivity contribution in [3.05, 3.63) is 70.4 Å². The molecule has 5 nitrogen and oxygen atoms in total. The van der Waals surface area contributed by atoms with E-state index in [1.54, 1.807) is 35.7 Å². The second-order valence-corrected chi connectivity index (χ2v) is 10.0. The lowest BCUT2D eigenvalue weighted by atomic mass is 9.90. The Hall–Kier alpha value is -2.64. The molecule has 7 heteroatoms. The molecule has 3 aromatic rings. The first kappa shape index (κ1) is 19.7. The molecule has 0 aliphatic carbocycles. The number of nitrogens with one attached hydrogen (secondary N) is 1. The summed E-state index contributed by atoms with van der Waals surface area (Å²) in [5, 5.41) is 4.42. The summed E-state index contributed by atoms with van der Waals surface area (Å²) in [6.45, 7) is 3.93. The molecule has 0 fully saturated rings. The molecule has 1 N–H and O–H groups in total. The van der Waals surface area contributed by atoms with Gasteiger partial charge in [-0.15, -0.1) is 11.3 Å². The SMILES string of the molecule is CC(C)Oc1ccc([C@@H]2CC(=O)Nc3c(S(=O)(=O)c4ccccc4)csc32)cc1. The van der Waals surface area contributed by atoms with Gasteiger partial charge in [0.05, 0.1) is 16.7 Å². The molecular weight excluding hydrogens is 406 g/mol. The molecule has 4 rings (SSSR count). The Balaban J connectivity index is 1.73. The molecule has 1 atom stereocenters. The zero-order valence-electron chi connectivity index (χ0n) is 16.1. The van der Waals surface area contributed by atoms with Crippen molar-refractivity contribution in [3.8, 4) is 5.75 Å². The third-order valence-electron chi connectivity index (χ3n) is 4.75. The van der Waals surface area contributed by atoms with Crippen LogP contribution in [0.4, 0.5) is 5.69 Å². The highest BCUT2D eigenvalue weighted by Gasteiger charge is 2.34. The minimum absolute atomic E-state index is 0.0796. The second-order valence-electron chi connectivity index (χ2n) is 7.20. The van der Waals surface area contributed by atoms with E-state index in [2.05, 4.69) is 5.32 Å². The molecule has 1 amide bonds. The number of sulfone groups is 1. The highest BCUT2D eigenvalue weighted by atomic mass is 32.2. The van der Waals surface area contributed by atoms with Crippen LogP contribution in [-0.2, 0) is 14.6 Å². The van der Waals surface area contributed by atoms with Crippen LogP contribution in [0.5, 0.6) is 5.75 Å². The number of fused-ring (bicyclic) bond motifs is 1. The summed E-state index contributed by atoms with van der Waals surface area (Å²) in [5.74, 6) is 0.396. The van der Waals surface area contributed by atoms with Crippen LogP contribution in [-0.4, -0.2) is 20.4 Å². The van der Waals surface area contributed by atoms with Crippen molar-refractivity contribution in [2.45, 2.75) is 42.1 Å². The summed E-state index contributed by atoms with van der Waals surface area (Å²) < 4.78 is 31.9. The lowest BCUT2D eigenvalue weighted by molar-refractivity contribution is -0.116. The molecule has 0 saturated carbocycles. The summed E-state index contributed by atoms with van der Waals surface area (Å²) in [7, 11) is -3.71. The quantitative estimate of drug-likeness (QED) is 0.632. The molecule has 0 bridgehead atoms. The molecule has 0 radical (unpaired) electrons. The third-order valence-corrected chi connectivity index (χ3v) is 7.79. The van der Waals surface area contributed by atoms with Crippen molar-refractivity contribution in [3.63, 3.8) is 0 Å². The van der Waals surface area contributed by atoms with Gasteiger partial charge in [0.15, 0.2) is 0 Å². The number of hydrogen-bond donors (Lipinski definition) is 1. The van der Waals surface area contributed by atoms with E-state index in [0.29, 0.717) is 5.69 Å². The van der Waals surface area contributed by atoms with Crippen LogP contribution in [0.15, 0.2) is 69.8 Å². The lowest BCUT2D eigenvalue weighted by Crippen LogP contribution is -2.23. The number of carbonyl (C=O) groups excluding carboxylic acids is 1. The molecule has 2 heterocycles. The Morgan fingerprint density at radius 3 is 2.41 bits per heavy atom. The molecule has 0 saturated heterocycles. The first-order valence-electron chi connectivity index (χ1n) is 9.34. The molecule has 2 aromatic carbocycles. The van der Waals surface area contributed by atoms with E-state index >= 15 is 0 Å². The summed E-state index contributed by atoms with van der Waals surface area (Å²) in [4.78, 5) is 13.6. The van der Waals surface area contributed by atoms with Gasteiger partial charge >= 0.3 is 0 Å². The minimum Gasteiger partial charge on any atom is -0.491 e. The topological polar surface area (TPSA) is 72.5 Å². The van der Waals surface area contributed by atoms with E-state index in [1.165, 1.54) is 11.3 Å². The van der Waals surface area contributed by atoms with E-state index in [9.17, 15) is 13.2 Å². The molecule has 1 aliphatic heterocycles. The minimum atomic E-state index is -3.71. The molecule has 150 valence electrons. The van der Waals surface area contributed by atoms with Gasteiger partial charge in [0.1, 0.15) is 10.6 Å². The first-order chi connectivity index (χ1) is 13.9. The van der Waals surface area contributed by atoms with Crippen LogP contribution < -0.4 is 10.1 Å². The van der Waals surface area contributed by atoms with E-state index in [4.69, 9.17) is 4.74 Å². The Kier molecular flexibility index (Phi) is 5.19. The predicted octanol–water partition coefficient (Wildman–Crippen LogP) is 4.84. The average Bonchev–Trinajstić information content (AvgIpc) is 3.13. The van der Waals surface area contributed by atoms with Crippen LogP contribution in [0.1, 0.15) is 36.6 Å². The Labute approximate surface area is 174 Å². The monoisotopic (exact) mass is 427 g/mol. The number of hydrogen-bond acceptors (Lipinski definition) is 5. The fraction of sp³-hybridized carbons (Fsp3) is 0.227. The summed E-state index contributed by atoms with van der Waals surface area (Å²) in [6, 6.07) is 15.9. The molecule has 1 aromatic heterocycles. The number of amides is 1. The number of thiophene rings is 1. The third kappa shape index (κ3) is 3.80. The maximum Gasteiger partial charge on any atom is 0.225 e. The summed E-state index contributed by atoms with van der Waals surface area (Å²) in [5.41, 5.74) is 1.37. The highest BCUT2D eigenvalue weighted by Crippen LogP contribution is 2.46. The van der Waals surface area contributed by atoms with Crippen LogP contribution in [0.3, 0.4) is 0 Å². The van der Waals surface area contributed by atoms with Crippen molar-refractivity contribution in [1.82, 2.24) is 0 Å². The summed E-state index contributed by atoms with van der Waals surface area (Å²) in [6.07, 6.45) is 0.360. The van der Waals surface area contributed by atoms with Gasteiger partial charge < -0.3 is 10.1 Å². The van der Waals surface area contributed by atoms with E-state index < -0.39 is 9.84 Å². The first-order valence-corrected chi connectivity index (χ1v) is 11.7. The van der Waals surface area contributed by atoms with Gasteiger partial charge in [0.25, 0.3) is 0 Å². The van der Waals surface area contributed by atoms with Crippen LogP contribution in [0.2, 0.25) is 0 Å². The Morgan fingerprint density at radius 2 is 1.76 bits per heavy atom. The van der Waals surface area contributed by atoms with Crippen molar-refractivity contribution >= 4 is 32.8 Å². The lowest BCUT2D eigenvalue weighted by Gasteiger charge is -2.24. The fourth-order valence-electron chi connectivity index (χ4n) is 3.45. The highest BCUT2D eigenvalue weighted by molar-refractivity contribution is 7.91. The molecule has 0 unspecified atom stereocenters. The maximum absolute atomic E-state index is 13.1. The normalized spacial score (nSPS) is 16.4. The number of rotatable bonds is 5. The molecular formula is C22H21NO4S2. The maximum atomic E-state index is 13.1. The standard InChI is InChI=1S/C22H21NO4S2/c1-14(2)27-16-10-8-15(9-11-16)18-12-20(24)23-21-19(13-28-22(18)21)29(25,26)17-6-4-3-5-7-17/h3-11,13-14,18H,12H2,1-2H3,(H,23,24)/t18-/m0/s1. The average molecular weight is 428 g/mol. The van der Waals surface area contributed by atoms with E-state index in [0.717, 1.165) is 16.2 Å². The van der Waals surface area contributed by atoms with Crippen LogP contribution >= 0.6 is 11.3 Å². The number of ether oxygens (including phenoxy) is 1. The number of anilines is 1. The Bertz CT molecular complexity index is 1130. The van der Waals surface area contributed by atoms with Gasteiger partial charge in [0, 0.05) is 22.6 Å². The molecule has 1 aliphatic rings. The van der Waals surface area contributed by atoms with Gasteiger partial charge in [0.2, 0.25) is 15.7 Å². The molecule has 0 spiro atoms. The smallest absolute Gasteiger partial charge is 0.225 e. The Morgan fingerprint density at radius 1 is 1.07 bits per heavy atom. The second kappa shape index (κ2) is 7.65. The zero-order valence-corrected chi connectivity index (χ0v) is 17.7. The van der Waals surface area contributed by atoms with Crippen molar-refractivity contribution < 1.29 is 17.9 Å². The van der Waals surface area contributed by atoms with Gasteiger partial charge in [-0.25, -0.2) is 8.42 Å². The van der Waals surface area contributed by atoms with Gasteiger partial charge in [-0.3, -0.25) is 4.79 Å². The van der Waals surface area contributed by atoms with E-state index in [1.807, 2.05) is 38.1 Å². The van der Waals surface area contributed by atoms with Gasteiger partial charge in [-0.05, 0) is 43.7 Å². The summed E-state index contributed by atoms with van der Waals surface area (Å²) >= 11 is 1.37. The number of benzene rings is 2. The van der Waals surface area contributed by atoms with Crippen molar-refractivity contribution in [1.29, 1.82) is 0 Å².